The van der Waals surface area contributed by atoms with Crippen LogP contribution in [0.25, 0.3) is 0 Å². The summed E-state index contributed by atoms with van der Waals surface area (Å²) in [6.07, 6.45) is 0. The van der Waals surface area contributed by atoms with Crippen molar-refractivity contribution in [3.63, 3.8) is 0 Å². The Morgan fingerprint density at radius 2 is 1.75 bits per heavy atom. The molecular formula is C16H14F2O2. The molecule has 0 spiro atoms. The third-order valence-electron chi connectivity index (χ3n) is 3.18. The summed E-state index contributed by atoms with van der Waals surface area (Å²) in [5.74, 6) is -2.03. The Bertz CT molecular complexity index is 678. The molecule has 104 valence electrons. The molecule has 2 rings (SSSR count). The van der Waals surface area contributed by atoms with Gasteiger partial charge in [-0.15, -0.1) is 0 Å². The fraction of sp³-hybridized carbons (Fsp3) is 0.188. The summed E-state index contributed by atoms with van der Waals surface area (Å²) in [6, 6.07) is 6.91. The monoisotopic (exact) mass is 276 g/mol. The highest BCUT2D eigenvalue weighted by molar-refractivity contribution is 6.10. The average molecular weight is 276 g/mol. The summed E-state index contributed by atoms with van der Waals surface area (Å²) in [5.41, 5.74) is 1.49. The number of rotatable bonds is 3. The number of carbonyl (C=O) groups is 1. The van der Waals surface area contributed by atoms with Gasteiger partial charge in [0.2, 0.25) is 0 Å². The minimum atomic E-state index is -1.12. The molecule has 0 aromatic heterocycles. The highest BCUT2D eigenvalue weighted by Gasteiger charge is 2.19. The molecule has 0 saturated heterocycles. The first-order chi connectivity index (χ1) is 9.45. The molecule has 4 heteroatoms. The lowest BCUT2D eigenvalue weighted by atomic mass is 9.96. The van der Waals surface area contributed by atoms with Crippen LogP contribution >= 0.6 is 0 Å². The first-order valence-electron chi connectivity index (χ1n) is 6.09. The van der Waals surface area contributed by atoms with Gasteiger partial charge in [0.05, 0.1) is 12.7 Å². The first-order valence-corrected chi connectivity index (χ1v) is 6.09. The zero-order valence-electron chi connectivity index (χ0n) is 11.5. The molecule has 0 saturated carbocycles. The summed E-state index contributed by atoms with van der Waals surface area (Å²) in [4.78, 5) is 12.3. The minimum Gasteiger partial charge on any atom is -0.496 e. The molecule has 0 fully saturated rings. The summed E-state index contributed by atoms with van der Waals surface area (Å²) >= 11 is 0. The van der Waals surface area contributed by atoms with Gasteiger partial charge in [-0.2, -0.15) is 0 Å². The van der Waals surface area contributed by atoms with Gasteiger partial charge in [0.15, 0.2) is 17.4 Å². The normalized spacial score (nSPS) is 10.4. The number of hydrogen-bond acceptors (Lipinski definition) is 2. The predicted octanol–water partition coefficient (Wildman–Crippen LogP) is 3.82. The van der Waals surface area contributed by atoms with Crippen molar-refractivity contribution in [3.8, 4) is 5.75 Å². The van der Waals surface area contributed by atoms with Crippen LogP contribution in [-0.2, 0) is 0 Å². The number of ether oxygens (including phenoxy) is 1. The van der Waals surface area contributed by atoms with E-state index in [0.29, 0.717) is 16.9 Å². The SMILES string of the molecule is COc1cc(C)c(C(=O)c2cccc(F)c2F)cc1C. The van der Waals surface area contributed by atoms with Gasteiger partial charge in [-0.25, -0.2) is 8.78 Å². The van der Waals surface area contributed by atoms with Crippen LogP contribution < -0.4 is 4.74 Å². The van der Waals surface area contributed by atoms with Crippen LogP contribution in [0.2, 0.25) is 0 Å². The second kappa shape index (κ2) is 5.41. The molecular weight excluding hydrogens is 262 g/mol. The second-order valence-corrected chi connectivity index (χ2v) is 4.57. The summed E-state index contributed by atoms with van der Waals surface area (Å²) in [7, 11) is 1.54. The molecule has 0 aliphatic carbocycles. The van der Waals surface area contributed by atoms with E-state index in [0.717, 1.165) is 11.6 Å². The molecule has 0 atom stereocenters. The van der Waals surface area contributed by atoms with E-state index in [1.807, 2.05) is 0 Å². The lowest BCUT2D eigenvalue weighted by Crippen LogP contribution is -2.08. The Kier molecular flexibility index (Phi) is 3.84. The Morgan fingerprint density at radius 3 is 2.40 bits per heavy atom. The lowest BCUT2D eigenvalue weighted by molar-refractivity contribution is 0.103. The average Bonchev–Trinajstić information content (AvgIpc) is 2.43. The summed E-state index contributed by atoms with van der Waals surface area (Å²) in [5, 5.41) is 0. The zero-order chi connectivity index (χ0) is 14.9. The van der Waals surface area contributed by atoms with Crippen LogP contribution in [0.15, 0.2) is 30.3 Å². The van der Waals surface area contributed by atoms with E-state index in [1.165, 1.54) is 19.2 Å². The number of benzene rings is 2. The van der Waals surface area contributed by atoms with Crippen molar-refractivity contribution in [3.05, 3.63) is 64.2 Å². The molecule has 2 aromatic carbocycles. The minimum absolute atomic E-state index is 0.266. The fourth-order valence-corrected chi connectivity index (χ4v) is 2.08. The maximum absolute atomic E-state index is 13.7. The van der Waals surface area contributed by atoms with Crippen molar-refractivity contribution < 1.29 is 18.3 Å². The van der Waals surface area contributed by atoms with Crippen LogP contribution in [0.3, 0.4) is 0 Å². The Morgan fingerprint density at radius 1 is 1.05 bits per heavy atom. The molecule has 0 aliphatic heterocycles. The molecule has 0 bridgehead atoms. The van der Waals surface area contributed by atoms with Gasteiger partial charge in [0.25, 0.3) is 0 Å². The standard InChI is InChI=1S/C16H14F2O2/c1-9-8-14(20-3)10(2)7-12(9)16(19)11-5-4-6-13(17)15(11)18/h4-8H,1-3H3. The van der Waals surface area contributed by atoms with Gasteiger partial charge < -0.3 is 4.74 Å². The zero-order valence-corrected chi connectivity index (χ0v) is 11.5. The smallest absolute Gasteiger partial charge is 0.196 e. The summed E-state index contributed by atoms with van der Waals surface area (Å²) < 4.78 is 32.1. The highest BCUT2D eigenvalue weighted by atomic mass is 19.2. The molecule has 0 aliphatic rings. The third-order valence-corrected chi connectivity index (χ3v) is 3.18. The molecule has 0 amide bonds. The predicted molar refractivity (Wildman–Crippen MR) is 72.3 cm³/mol. The molecule has 2 nitrogen and oxygen atoms in total. The Balaban J connectivity index is 2.54. The van der Waals surface area contributed by atoms with Crippen molar-refractivity contribution in [2.45, 2.75) is 13.8 Å². The molecule has 20 heavy (non-hydrogen) atoms. The van der Waals surface area contributed by atoms with Crippen molar-refractivity contribution >= 4 is 5.78 Å². The molecule has 0 heterocycles. The number of methoxy groups -OCH3 is 1. The lowest BCUT2D eigenvalue weighted by Gasteiger charge is -2.11. The van der Waals surface area contributed by atoms with Crippen molar-refractivity contribution in [2.75, 3.05) is 7.11 Å². The van der Waals surface area contributed by atoms with E-state index in [1.54, 1.807) is 26.0 Å². The van der Waals surface area contributed by atoms with E-state index in [4.69, 9.17) is 4.74 Å². The Hall–Kier alpha value is -2.23. The number of ketones is 1. The molecule has 2 aromatic rings. The van der Waals surface area contributed by atoms with E-state index in [2.05, 4.69) is 0 Å². The summed E-state index contributed by atoms with van der Waals surface area (Å²) in [6.45, 7) is 3.52. The quantitative estimate of drug-likeness (QED) is 0.797. The van der Waals surface area contributed by atoms with E-state index < -0.39 is 17.4 Å². The topological polar surface area (TPSA) is 26.3 Å². The van der Waals surface area contributed by atoms with Crippen LogP contribution in [0.4, 0.5) is 8.78 Å². The maximum atomic E-state index is 13.7. The fourth-order valence-electron chi connectivity index (χ4n) is 2.08. The van der Waals surface area contributed by atoms with E-state index in [-0.39, 0.29) is 5.56 Å². The number of aryl methyl sites for hydroxylation is 2. The van der Waals surface area contributed by atoms with Gasteiger partial charge in [0.1, 0.15) is 5.75 Å². The number of hydrogen-bond donors (Lipinski definition) is 0. The third kappa shape index (κ3) is 2.41. The van der Waals surface area contributed by atoms with Gasteiger partial charge in [0, 0.05) is 5.56 Å². The largest absolute Gasteiger partial charge is 0.496 e. The van der Waals surface area contributed by atoms with Crippen molar-refractivity contribution in [2.24, 2.45) is 0 Å². The molecule has 0 N–H and O–H groups in total. The van der Waals surface area contributed by atoms with Crippen molar-refractivity contribution in [1.82, 2.24) is 0 Å². The van der Waals surface area contributed by atoms with E-state index in [9.17, 15) is 13.6 Å². The number of carbonyl (C=O) groups excluding carboxylic acids is 1. The van der Waals surface area contributed by atoms with E-state index >= 15 is 0 Å². The maximum Gasteiger partial charge on any atom is 0.196 e. The van der Waals surface area contributed by atoms with Gasteiger partial charge in [-0.3, -0.25) is 4.79 Å². The second-order valence-electron chi connectivity index (χ2n) is 4.57. The van der Waals surface area contributed by atoms with Crippen LogP contribution in [0, 0.1) is 25.5 Å². The Labute approximate surface area is 116 Å². The van der Waals surface area contributed by atoms with Crippen LogP contribution in [0.5, 0.6) is 5.75 Å². The highest BCUT2D eigenvalue weighted by Crippen LogP contribution is 2.25. The van der Waals surface area contributed by atoms with Crippen LogP contribution in [0.1, 0.15) is 27.0 Å². The molecule has 0 unspecified atom stereocenters. The molecule has 0 radical (unpaired) electrons. The van der Waals surface area contributed by atoms with Gasteiger partial charge >= 0.3 is 0 Å². The number of halogens is 2. The van der Waals surface area contributed by atoms with Crippen molar-refractivity contribution in [1.29, 1.82) is 0 Å². The first kappa shape index (κ1) is 14.2. The van der Waals surface area contributed by atoms with Gasteiger partial charge in [-0.1, -0.05) is 6.07 Å². The van der Waals surface area contributed by atoms with Crippen LogP contribution in [-0.4, -0.2) is 12.9 Å². The van der Waals surface area contributed by atoms with Gasteiger partial charge in [-0.05, 0) is 49.2 Å².